The zero-order valence-corrected chi connectivity index (χ0v) is 12.2. The first-order chi connectivity index (χ1) is 9.11. The maximum Gasteiger partial charge on any atom is 0.306 e. The van der Waals surface area contributed by atoms with Crippen LogP contribution in [0.5, 0.6) is 0 Å². The van der Waals surface area contributed by atoms with Crippen LogP contribution in [0.3, 0.4) is 0 Å². The van der Waals surface area contributed by atoms with Gasteiger partial charge in [-0.3, -0.25) is 9.59 Å². The number of Topliss-reactive ketones (excluding diaryl/α,β-unsaturated/α-hetero) is 1. The number of esters is 1. The highest BCUT2D eigenvalue weighted by atomic mass is 16.5. The van der Waals surface area contributed by atoms with Crippen molar-refractivity contribution in [3.05, 3.63) is 0 Å². The fourth-order valence-corrected chi connectivity index (χ4v) is 4.02. The van der Waals surface area contributed by atoms with Crippen molar-refractivity contribution in [2.75, 3.05) is 7.11 Å². The van der Waals surface area contributed by atoms with Crippen molar-refractivity contribution >= 4 is 11.8 Å². The molecule has 0 radical (unpaired) electrons. The fourth-order valence-electron chi connectivity index (χ4n) is 4.02. The van der Waals surface area contributed by atoms with E-state index in [2.05, 4.69) is 0 Å². The van der Waals surface area contributed by atoms with Crippen LogP contribution in [0.4, 0.5) is 0 Å². The Morgan fingerprint density at radius 3 is 2.47 bits per heavy atom. The lowest BCUT2D eigenvalue weighted by molar-refractivity contribution is -0.150. The van der Waals surface area contributed by atoms with Crippen LogP contribution in [0.2, 0.25) is 0 Å². The molecule has 2 aliphatic rings. The summed E-state index contributed by atoms with van der Waals surface area (Å²) in [6, 6.07) is 0. The predicted octanol–water partition coefficient (Wildman–Crippen LogP) is 3.51. The minimum atomic E-state index is -0.428. The van der Waals surface area contributed by atoms with Gasteiger partial charge in [0, 0.05) is 11.8 Å². The monoisotopic (exact) mass is 266 g/mol. The molecule has 2 saturated carbocycles. The third kappa shape index (κ3) is 3.01. The first kappa shape index (κ1) is 14.5. The lowest BCUT2D eigenvalue weighted by atomic mass is 9.64. The van der Waals surface area contributed by atoms with Crippen LogP contribution in [0.25, 0.3) is 0 Å². The summed E-state index contributed by atoms with van der Waals surface area (Å²) in [7, 11) is 1.40. The molecule has 0 aromatic carbocycles. The van der Waals surface area contributed by atoms with Crippen LogP contribution >= 0.6 is 0 Å². The van der Waals surface area contributed by atoms with E-state index in [0.29, 0.717) is 18.1 Å². The van der Waals surface area contributed by atoms with Crippen LogP contribution < -0.4 is 0 Å². The average Bonchev–Trinajstić information content (AvgIpc) is 2.95. The van der Waals surface area contributed by atoms with Crippen molar-refractivity contribution in [3.8, 4) is 0 Å². The molecule has 0 heterocycles. The Bertz CT molecular complexity index is 344. The van der Waals surface area contributed by atoms with Gasteiger partial charge in [0.2, 0.25) is 0 Å². The van der Waals surface area contributed by atoms with Gasteiger partial charge >= 0.3 is 5.97 Å². The summed E-state index contributed by atoms with van der Waals surface area (Å²) >= 11 is 0. The van der Waals surface area contributed by atoms with Crippen molar-refractivity contribution in [1.29, 1.82) is 0 Å². The second-order valence-corrected chi connectivity index (χ2v) is 6.36. The van der Waals surface area contributed by atoms with Gasteiger partial charge in [-0.25, -0.2) is 0 Å². The number of carbonyl (C=O) groups excluding carboxylic acids is 2. The van der Waals surface area contributed by atoms with E-state index in [1.54, 1.807) is 0 Å². The van der Waals surface area contributed by atoms with Gasteiger partial charge < -0.3 is 4.74 Å². The lowest BCUT2D eigenvalue weighted by Gasteiger charge is -2.39. The molecule has 0 N–H and O–H groups in total. The van der Waals surface area contributed by atoms with E-state index in [9.17, 15) is 9.59 Å². The van der Waals surface area contributed by atoms with Crippen LogP contribution in [0.1, 0.15) is 64.7 Å². The molecule has 3 nitrogen and oxygen atoms in total. The third-order valence-corrected chi connectivity index (χ3v) is 5.49. The largest absolute Gasteiger partial charge is 0.469 e. The van der Waals surface area contributed by atoms with Gasteiger partial charge in [-0.1, -0.05) is 32.6 Å². The molecule has 3 heteroatoms. The maximum atomic E-state index is 12.6. The van der Waals surface area contributed by atoms with Crippen molar-refractivity contribution in [3.63, 3.8) is 0 Å². The van der Waals surface area contributed by atoms with Crippen molar-refractivity contribution in [1.82, 2.24) is 0 Å². The van der Waals surface area contributed by atoms with Gasteiger partial charge in [-0.15, -0.1) is 0 Å². The molecule has 2 fully saturated rings. The van der Waals surface area contributed by atoms with Gasteiger partial charge in [0.15, 0.2) is 0 Å². The second kappa shape index (κ2) is 6.06. The third-order valence-electron chi connectivity index (χ3n) is 5.49. The Hall–Kier alpha value is -0.860. The summed E-state index contributed by atoms with van der Waals surface area (Å²) < 4.78 is 4.76. The number of ether oxygens (including phenoxy) is 1. The topological polar surface area (TPSA) is 43.4 Å². The SMILES string of the molecule is CCC1(CC(=O)OC)CCC(C2CCCC2)CC1=O. The summed E-state index contributed by atoms with van der Waals surface area (Å²) in [4.78, 5) is 24.1. The van der Waals surface area contributed by atoms with Crippen LogP contribution in [-0.2, 0) is 14.3 Å². The molecular weight excluding hydrogens is 240 g/mol. The van der Waals surface area contributed by atoms with Crippen LogP contribution in [0.15, 0.2) is 0 Å². The van der Waals surface area contributed by atoms with Gasteiger partial charge in [-0.05, 0) is 31.1 Å². The molecule has 0 spiro atoms. The van der Waals surface area contributed by atoms with Crippen molar-refractivity contribution < 1.29 is 14.3 Å². The molecule has 108 valence electrons. The van der Waals surface area contributed by atoms with E-state index >= 15 is 0 Å². The second-order valence-electron chi connectivity index (χ2n) is 6.36. The van der Waals surface area contributed by atoms with E-state index in [1.807, 2.05) is 6.92 Å². The Morgan fingerprint density at radius 1 is 1.26 bits per heavy atom. The van der Waals surface area contributed by atoms with Crippen molar-refractivity contribution in [2.45, 2.75) is 64.7 Å². The smallest absolute Gasteiger partial charge is 0.306 e. The van der Waals surface area contributed by atoms with E-state index in [0.717, 1.165) is 25.2 Å². The molecule has 0 aromatic heterocycles. The van der Waals surface area contributed by atoms with Gasteiger partial charge in [0.25, 0.3) is 0 Å². The predicted molar refractivity (Wildman–Crippen MR) is 73.7 cm³/mol. The number of rotatable bonds is 4. The molecule has 0 aliphatic heterocycles. The summed E-state index contributed by atoms with van der Waals surface area (Å²) in [5.74, 6) is 1.40. The van der Waals surface area contributed by atoms with E-state index in [-0.39, 0.29) is 12.4 Å². The number of carbonyl (C=O) groups is 2. The standard InChI is InChI=1S/C16H26O3/c1-3-16(11-15(18)19-2)9-8-13(10-14(16)17)12-6-4-5-7-12/h12-13H,3-11H2,1-2H3. The number of hydrogen-bond acceptors (Lipinski definition) is 3. The molecule has 0 aromatic rings. The molecule has 0 saturated heterocycles. The molecule has 0 bridgehead atoms. The normalized spacial score (nSPS) is 32.5. The Balaban J connectivity index is 2.00. The first-order valence-electron chi connectivity index (χ1n) is 7.71. The molecule has 0 amide bonds. The summed E-state index contributed by atoms with van der Waals surface area (Å²) in [6.45, 7) is 2.02. The Kier molecular flexibility index (Phi) is 4.64. The highest BCUT2D eigenvalue weighted by Gasteiger charge is 2.44. The van der Waals surface area contributed by atoms with Gasteiger partial charge in [0.05, 0.1) is 13.5 Å². The number of hydrogen-bond donors (Lipinski definition) is 0. The summed E-state index contributed by atoms with van der Waals surface area (Å²) in [6.07, 6.45) is 8.97. The Morgan fingerprint density at radius 2 is 1.95 bits per heavy atom. The van der Waals surface area contributed by atoms with Crippen LogP contribution in [0, 0.1) is 17.3 Å². The van der Waals surface area contributed by atoms with Gasteiger partial charge in [0.1, 0.15) is 5.78 Å². The summed E-state index contributed by atoms with van der Waals surface area (Å²) in [5.41, 5.74) is -0.428. The Labute approximate surface area is 116 Å². The zero-order valence-electron chi connectivity index (χ0n) is 12.2. The summed E-state index contributed by atoms with van der Waals surface area (Å²) in [5, 5.41) is 0. The van der Waals surface area contributed by atoms with Gasteiger partial charge in [-0.2, -0.15) is 0 Å². The highest BCUT2D eigenvalue weighted by Crippen LogP contribution is 2.46. The fraction of sp³-hybridized carbons (Fsp3) is 0.875. The maximum absolute atomic E-state index is 12.6. The molecule has 2 unspecified atom stereocenters. The highest BCUT2D eigenvalue weighted by molar-refractivity contribution is 5.89. The lowest BCUT2D eigenvalue weighted by Crippen LogP contribution is -2.40. The van der Waals surface area contributed by atoms with E-state index in [4.69, 9.17) is 4.74 Å². The molecule has 2 rings (SSSR count). The number of methoxy groups -OCH3 is 1. The van der Waals surface area contributed by atoms with E-state index in [1.165, 1.54) is 32.8 Å². The minimum Gasteiger partial charge on any atom is -0.469 e. The average molecular weight is 266 g/mol. The minimum absolute atomic E-state index is 0.241. The van der Waals surface area contributed by atoms with E-state index < -0.39 is 5.41 Å². The van der Waals surface area contributed by atoms with Crippen molar-refractivity contribution in [2.24, 2.45) is 17.3 Å². The number of ketones is 1. The quantitative estimate of drug-likeness (QED) is 0.731. The first-order valence-corrected chi connectivity index (χ1v) is 7.71. The molecular formula is C16H26O3. The molecule has 2 atom stereocenters. The molecule has 19 heavy (non-hydrogen) atoms. The molecule has 2 aliphatic carbocycles. The van der Waals surface area contributed by atoms with Crippen LogP contribution in [-0.4, -0.2) is 18.9 Å². The zero-order chi connectivity index (χ0) is 13.9.